The predicted octanol–water partition coefficient (Wildman–Crippen LogP) is 1.93. The van der Waals surface area contributed by atoms with Gasteiger partial charge in [-0.1, -0.05) is 7.43 Å². The van der Waals surface area contributed by atoms with Gasteiger partial charge in [-0.05, 0) is 0 Å². The molecule has 0 aliphatic rings. The van der Waals surface area contributed by atoms with E-state index < -0.39 is 0 Å². The van der Waals surface area contributed by atoms with Gasteiger partial charge < -0.3 is 7.43 Å². The molecule has 0 fully saturated rings. The highest BCUT2D eigenvalue weighted by Crippen LogP contribution is 1.11. The van der Waals surface area contributed by atoms with Crippen LogP contribution in [0.5, 0.6) is 0 Å². The van der Waals surface area contributed by atoms with Gasteiger partial charge >= 0.3 is 0 Å². The van der Waals surface area contributed by atoms with Crippen LogP contribution in [-0.2, 0) is 0 Å². The summed E-state index contributed by atoms with van der Waals surface area (Å²) in [5, 5.41) is 0. The van der Waals surface area contributed by atoms with E-state index in [0.717, 1.165) is 0 Å². The van der Waals surface area contributed by atoms with Crippen molar-refractivity contribution in [2.75, 3.05) is 0 Å². The van der Waals surface area contributed by atoms with Crippen LogP contribution in [-0.4, -0.2) is 0 Å². The maximum Gasteiger partial charge on any atom is 0.0746 e. The standard InChI is InChI=1S/C2H5.CH4.CH3/c1-2;;/h1H2,2H3;1H4;1H3/q+1;;-1. The Morgan fingerprint density at radius 1 is 1.25 bits per heavy atom. The third kappa shape index (κ3) is 83.8. The van der Waals surface area contributed by atoms with E-state index in [9.17, 15) is 0 Å². The largest absolute Gasteiger partial charge is 0.358 e. The average Bonchev–Trinajstić information content (AvgIpc) is 1.00. The van der Waals surface area contributed by atoms with Gasteiger partial charge in [0.05, 0.1) is 13.8 Å². The number of hydrogen-bond donors (Lipinski definition) is 0. The van der Waals surface area contributed by atoms with Crippen LogP contribution in [0.1, 0.15) is 14.4 Å². The van der Waals surface area contributed by atoms with Crippen LogP contribution in [0, 0.1) is 14.4 Å². The minimum absolute atomic E-state index is 0. The van der Waals surface area contributed by atoms with Crippen LogP contribution in [0.15, 0.2) is 0 Å². The second-order valence-electron chi connectivity index (χ2n) is 0. The second kappa shape index (κ2) is 594. The van der Waals surface area contributed by atoms with Gasteiger partial charge in [-0.2, -0.15) is 0 Å². The van der Waals surface area contributed by atoms with Crippen molar-refractivity contribution in [2.45, 2.75) is 14.4 Å². The van der Waals surface area contributed by atoms with E-state index in [-0.39, 0.29) is 14.9 Å². The topological polar surface area (TPSA) is 0 Å². The van der Waals surface area contributed by atoms with Crippen molar-refractivity contribution in [3.8, 4) is 0 Å². The van der Waals surface area contributed by atoms with Gasteiger partial charge in [0, 0.05) is 0 Å². The molecule has 0 saturated carbocycles. The molecular formula is C4H12. The van der Waals surface area contributed by atoms with Crippen LogP contribution in [0.4, 0.5) is 0 Å². The van der Waals surface area contributed by atoms with Crippen LogP contribution < -0.4 is 0 Å². The molecule has 0 aromatic heterocycles. The van der Waals surface area contributed by atoms with Gasteiger partial charge in [-0.25, -0.2) is 0 Å². The summed E-state index contributed by atoms with van der Waals surface area (Å²) in [6, 6.07) is 0. The van der Waals surface area contributed by atoms with Gasteiger partial charge in [0.15, 0.2) is 0 Å². The Morgan fingerprint density at radius 2 is 1.25 bits per heavy atom. The van der Waals surface area contributed by atoms with Crippen molar-refractivity contribution in [1.29, 1.82) is 0 Å². The molecule has 0 aliphatic heterocycles. The number of rotatable bonds is 0. The summed E-state index contributed by atoms with van der Waals surface area (Å²) in [5.41, 5.74) is 0. The highest BCUT2D eigenvalue weighted by atomic mass is 13.0. The molecule has 0 spiro atoms. The van der Waals surface area contributed by atoms with Crippen molar-refractivity contribution in [2.24, 2.45) is 0 Å². The van der Waals surface area contributed by atoms with E-state index in [1.807, 2.05) is 0 Å². The molecule has 0 nitrogen and oxygen atoms in total. The molecule has 28 valence electrons. The van der Waals surface area contributed by atoms with Crippen LogP contribution in [0.2, 0.25) is 0 Å². The summed E-state index contributed by atoms with van der Waals surface area (Å²) < 4.78 is 0. The Kier molecular flexibility index (Phi) is 6250. The summed E-state index contributed by atoms with van der Waals surface area (Å²) in [7, 11) is 0. The summed E-state index contributed by atoms with van der Waals surface area (Å²) in [6.45, 7) is 5.00. The Balaban J connectivity index is -0.00000000500. The lowest BCUT2D eigenvalue weighted by Crippen LogP contribution is -0.888. The van der Waals surface area contributed by atoms with E-state index in [2.05, 4.69) is 6.92 Å². The Hall–Kier alpha value is -0.130. The van der Waals surface area contributed by atoms with Crippen molar-refractivity contribution >= 4 is 0 Å². The zero-order valence-electron chi connectivity index (χ0n) is 2.71. The smallest absolute Gasteiger partial charge is 0.0746 e. The lowest BCUT2D eigenvalue weighted by atomic mass is 11.0. The molecule has 0 aromatic carbocycles. The quantitative estimate of drug-likeness (QED) is 0.375. The van der Waals surface area contributed by atoms with E-state index in [4.69, 9.17) is 0 Å². The van der Waals surface area contributed by atoms with Gasteiger partial charge in [0.1, 0.15) is 0 Å². The molecule has 0 saturated heterocycles. The van der Waals surface area contributed by atoms with Crippen molar-refractivity contribution in [3.63, 3.8) is 0 Å². The molecule has 0 bridgehead atoms. The first-order chi connectivity index (χ1) is 1.00. The van der Waals surface area contributed by atoms with Crippen LogP contribution >= 0.6 is 0 Å². The lowest BCUT2D eigenvalue weighted by Gasteiger charge is -0.934. The molecule has 0 unspecified atom stereocenters. The fraction of sp³-hybridized carbons (Fsp3) is 0.500. The molecule has 0 radical (unpaired) electrons. The fourth-order valence-corrected chi connectivity index (χ4v) is 0. The SMILES string of the molecule is C.[CH2+]C.[CH3-]. The third-order valence-corrected chi connectivity index (χ3v) is 0. The molecule has 0 atom stereocenters. The monoisotopic (exact) mass is 60.1 g/mol. The van der Waals surface area contributed by atoms with E-state index in [1.54, 1.807) is 6.92 Å². The summed E-state index contributed by atoms with van der Waals surface area (Å²) >= 11 is 0. The maximum atomic E-state index is 3.25. The Labute approximate surface area is 29.8 Å². The van der Waals surface area contributed by atoms with Gasteiger partial charge in [0.2, 0.25) is 0 Å². The fourth-order valence-electron chi connectivity index (χ4n) is 0. The highest BCUT2D eigenvalue weighted by molar-refractivity contribution is 3.94. The van der Waals surface area contributed by atoms with Crippen LogP contribution in [0.3, 0.4) is 0 Å². The first-order valence-corrected chi connectivity index (χ1v) is 0.707. The first kappa shape index (κ1) is 42.1. The molecule has 0 aliphatic carbocycles. The molecule has 0 rings (SSSR count). The first-order valence-electron chi connectivity index (χ1n) is 0.707. The van der Waals surface area contributed by atoms with Crippen LogP contribution in [0.25, 0.3) is 0 Å². The minimum atomic E-state index is 0. The van der Waals surface area contributed by atoms with E-state index in [0.29, 0.717) is 0 Å². The highest BCUT2D eigenvalue weighted by Gasteiger charge is 1.07. The molecule has 4 heavy (non-hydrogen) atoms. The third-order valence-electron chi connectivity index (χ3n) is 0. The Bertz CT molecular complexity index is 0. The molecule has 0 heterocycles. The second-order valence-corrected chi connectivity index (χ2v) is 0. The minimum Gasteiger partial charge on any atom is -0.358 e. The molecule has 0 heteroatoms. The normalized spacial score (nSPS) is 1.25. The average molecular weight is 60.1 g/mol. The Morgan fingerprint density at radius 3 is 1.25 bits per heavy atom. The van der Waals surface area contributed by atoms with Crippen molar-refractivity contribution in [1.82, 2.24) is 0 Å². The van der Waals surface area contributed by atoms with Gasteiger partial charge in [-0.15, -0.1) is 0 Å². The van der Waals surface area contributed by atoms with Crippen molar-refractivity contribution in [3.05, 3.63) is 14.4 Å². The number of hydrogen-bond acceptors (Lipinski definition) is 0. The van der Waals surface area contributed by atoms with Crippen molar-refractivity contribution < 1.29 is 0 Å². The molecule has 0 amide bonds. The zero-order valence-corrected chi connectivity index (χ0v) is 2.71. The molecule has 0 N–H and O–H groups in total. The molecule has 0 aromatic rings. The summed E-state index contributed by atoms with van der Waals surface area (Å²) in [6.07, 6.45) is 0. The van der Waals surface area contributed by atoms with Gasteiger partial charge in [0.25, 0.3) is 0 Å². The molecular weight excluding hydrogens is 48.0 g/mol. The zero-order chi connectivity index (χ0) is 2.00. The summed E-state index contributed by atoms with van der Waals surface area (Å²) in [4.78, 5) is 0. The predicted molar refractivity (Wildman–Crippen MR) is 24.2 cm³/mol. The van der Waals surface area contributed by atoms with Gasteiger partial charge in [-0.3, -0.25) is 0 Å². The van der Waals surface area contributed by atoms with E-state index in [1.165, 1.54) is 0 Å². The summed E-state index contributed by atoms with van der Waals surface area (Å²) in [5.74, 6) is 0. The van der Waals surface area contributed by atoms with E-state index >= 15 is 0 Å². The lowest BCUT2D eigenvalue weighted by molar-refractivity contribution is 1.81. The maximum absolute atomic E-state index is 3.25.